The minimum absolute atomic E-state index is 0.0705. The highest BCUT2D eigenvalue weighted by Gasteiger charge is 2.29. The van der Waals surface area contributed by atoms with Crippen LogP contribution in [-0.4, -0.2) is 49.6 Å². The quantitative estimate of drug-likeness (QED) is 0.227. The van der Waals surface area contributed by atoms with Crippen molar-refractivity contribution in [2.45, 2.75) is 38.5 Å². The average Bonchev–Trinajstić information content (AvgIpc) is 3.67. The van der Waals surface area contributed by atoms with Gasteiger partial charge in [0, 0.05) is 25.0 Å². The van der Waals surface area contributed by atoms with Crippen LogP contribution in [0.1, 0.15) is 36.9 Å². The molecule has 2 aromatic heterocycles. The first-order chi connectivity index (χ1) is 20.1. The van der Waals surface area contributed by atoms with E-state index in [1.54, 1.807) is 12.5 Å². The normalized spacial score (nSPS) is 15.5. The van der Waals surface area contributed by atoms with Gasteiger partial charge in [-0.15, -0.1) is 0 Å². The summed E-state index contributed by atoms with van der Waals surface area (Å²) in [7, 11) is 0. The van der Waals surface area contributed by atoms with E-state index in [-0.39, 0.29) is 24.8 Å². The van der Waals surface area contributed by atoms with Crippen LogP contribution in [0.2, 0.25) is 0 Å². The highest BCUT2D eigenvalue weighted by molar-refractivity contribution is 5.81. The van der Waals surface area contributed by atoms with Crippen molar-refractivity contribution in [3.05, 3.63) is 109 Å². The van der Waals surface area contributed by atoms with Crippen molar-refractivity contribution in [1.29, 1.82) is 0 Å². The summed E-state index contributed by atoms with van der Waals surface area (Å²) >= 11 is 0. The number of fused-ring (bicyclic) bond motifs is 1. The van der Waals surface area contributed by atoms with E-state index < -0.39 is 0 Å². The molecule has 41 heavy (non-hydrogen) atoms. The predicted molar refractivity (Wildman–Crippen MR) is 160 cm³/mol. The summed E-state index contributed by atoms with van der Waals surface area (Å²) in [6.45, 7) is 3.73. The molecule has 0 bridgehead atoms. The van der Waals surface area contributed by atoms with Gasteiger partial charge < -0.3 is 20.3 Å². The number of carbonyl (C=O) groups excluding carboxylic acids is 1. The summed E-state index contributed by atoms with van der Waals surface area (Å²) in [5, 5.41) is 6.88. The predicted octanol–water partition coefficient (Wildman–Crippen LogP) is 6.20. The van der Waals surface area contributed by atoms with Crippen molar-refractivity contribution in [3.63, 3.8) is 0 Å². The van der Waals surface area contributed by atoms with Crippen molar-refractivity contribution >= 4 is 28.8 Å². The molecule has 9 nitrogen and oxygen atoms in total. The number of rotatable bonds is 9. The first-order valence-corrected chi connectivity index (χ1v) is 14.0. The Kier molecular flexibility index (Phi) is 7.75. The number of nitrogens with one attached hydrogen (secondary N) is 2. The SMILES string of the molecule is C[C@H](Nc1nccc(-n2cnc3cc(NCC4CCCN4C(=O)OCc4ccccc4)ccc32)n1)c1ccccc1. The van der Waals surface area contributed by atoms with Gasteiger partial charge >= 0.3 is 6.09 Å². The van der Waals surface area contributed by atoms with E-state index in [0.29, 0.717) is 19.0 Å². The van der Waals surface area contributed by atoms with Gasteiger partial charge in [-0.25, -0.2) is 14.8 Å². The van der Waals surface area contributed by atoms with Crippen LogP contribution in [0.25, 0.3) is 16.9 Å². The number of aromatic nitrogens is 4. The number of nitrogens with zero attached hydrogens (tertiary/aromatic N) is 5. The minimum Gasteiger partial charge on any atom is -0.445 e. The fraction of sp³-hybridized carbons (Fsp3) is 0.250. The van der Waals surface area contributed by atoms with Crippen LogP contribution in [0.4, 0.5) is 16.4 Å². The van der Waals surface area contributed by atoms with Gasteiger partial charge in [-0.3, -0.25) is 4.57 Å². The second-order valence-corrected chi connectivity index (χ2v) is 10.2. The maximum absolute atomic E-state index is 12.8. The second-order valence-electron chi connectivity index (χ2n) is 10.2. The van der Waals surface area contributed by atoms with Gasteiger partial charge in [0.25, 0.3) is 0 Å². The molecule has 0 saturated carbocycles. The van der Waals surface area contributed by atoms with Gasteiger partial charge in [-0.1, -0.05) is 60.7 Å². The average molecular weight is 548 g/mol. The van der Waals surface area contributed by atoms with E-state index in [9.17, 15) is 4.79 Å². The fourth-order valence-electron chi connectivity index (χ4n) is 5.20. The first kappa shape index (κ1) is 26.3. The number of amides is 1. The van der Waals surface area contributed by atoms with Crippen LogP contribution in [-0.2, 0) is 11.3 Å². The van der Waals surface area contributed by atoms with Crippen LogP contribution in [0.3, 0.4) is 0 Å². The Labute approximate surface area is 239 Å². The molecule has 1 amide bonds. The van der Waals surface area contributed by atoms with Crippen LogP contribution >= 0.6 is 0 Å². The molecule has 2 N–H and O–H groups in total. The van der Waals surface area contributed by atoms with Crippen LogP contribution < -0.4 is 10.6 Å². The molecule has 3 aromatic carbocycles. The lowest BCUT2D eigenvalue weighted by molar-refractivity contribution is 0.0937. The van der Waals surface area contributed by atoms with Crippen molar-refractivity contribution in [2.75, 3.05) is 23.7 Å². The van der Waals surface area contributed by atoms with E-state index in [2.05, 4.69) is 39.7 Å². The van der Waals surface area contributed by atoms with Gasteiger partial charge in [0.1, 0.15) is 18.8 Å². The highest BCUT2D eigenvalue weighted by Crippen LogP contribution is 2.24. The fourth-order valence-corrected chi connectivity index (χ4v) is 5.20. The van der Waals surface area contributed by atoms with E-state index >= 15 is 0 Å². The second kappa shape index (κ2) is 12.1. The summed E-state index contributed by atoms with van der Waals surface area (Å²) in [6, 6.07) is 28.1. The Bertz CT molecular complexity index is 1610. The molecule has 0 aliphatic carbocycles. The maximum Gasteiger partial charge on any atom is 0.410 e. The molecule has 1 unspecified atom stereocenters. The maximum atomic E-state index is 12.8. The van der Waals surface area contributed by atoms with Crippen LogP contribution in [0, 0.1) is 0 Å². The Morgan fingerprint density at radius 1 is 1.02 bits per heavy atom. The Balaban J connectivity index is 1.09. The largest absolute Gasteiger partial charge is 0.445 e. The number of ether oxygens (including phenoxy) is 1. The van der Waals surface area contributed by atoms with Gasteiger partial charge in [-0.05, 0) is 55.2 Å². The topological polar surface area (TPSA) is 97.2 Å². The Morgan fingerprint density at radius 3 is 2.66 bits per heavy atom. The number of likely N-dealkylation sites (tertiary alicyclic amines) is 1. The molecule has 1 saturated heterocycles. The summed E-state index contributed by atoms with van der Waals surface area (Å²) in [6.07, 6.45) is 5.18. The van der Waals surface area contributed by atoms with Crippen molar-refractivity contribution in [2.24, 2.45) is 0 Å². The number of hydrogen-bond donors (Lipinski definition) is 2. The number of anilines is 2. The van der Waals surface area contributed by atoms with Crippen LogP contribution in [0.15, 0.2) is 97.5 Å². The molecular weight excluding hydrogens is 514 g/mol. The summed E-state index contributed by atoms with van der Waals surface area (Å²) in [5.74, 6) is 1.30. The molecular formula is C32H33N7O2. The smallest absolute Gasteiger partial charge is 0.410 e. The minimum atomic E-state index is -0.260. The van der Waals surface area contributed by atoms with Gasteiger partial charge in [-0.2, -0.15) is 4.98 Å². The molecule has 5 aromatic rings. The lowest BCUT2D eigenvalue weighted by atomic mass is 10.1. The van der Waals surface area contributed by atoms with Gasteiger partial charge in [0.2, 0.25) is 5.95 Å². The molecule has 3 heterocycles. The van der Waals surface area contributed by atoms with Crippen molar-refractivity contribution in [3.8, 4) is 5.82 Å². The first-order valence-electron chi connectivity index (χ1n) is 14.0. The van der Waals surface area contributed by atoms with Crippen molar-refractivity contribution in [1.82, 2.24) is 24.4 Å². The summed E-state index contributed by atoms with van der Waals surface area (Å²) in [5.41, 5.74) is 4.90. The van der Waals surface area contributed by atoms with E-state index in [1.165, 1.54) is 5.56 Å². The van der Waals surface area contributed by atoms with Gasteiger partial charge in [0.05, 0.1) is 23.1 Å². The third kappa shape index (κ3) is 6.14. The van der Waals surface area contributed by atoms with Crippen molar-refractivity contribution < 1.29 is 9.53 Å². The molecule has 9 heteroatoms. The molecule has 208 valence electrons. The lowest BCUT2D eigenvalue weighted by Crippen LogP contribution is -2.39. The molecule has 0 spiro atoms. The zero-order valence-electron chi connectivity index (χ0n) is 23.0. The Morgan fingerprint density at radius 2 is 1.83 bits per heavy atom. The van der Waals surface area contributed by atoms with E-state index in [4.69, 9.17) is 9.72 Å². The molecule has 0 radical (unpaired) electrons. The standard InChI is InChI=1S/C32H33N7O2/c1-23(25-11-6-3-7-12-25)36-31-33-17-16-30(37-31)39-22-35-28-19-26(14-15-29(28)39)34-20-27-13-8-18-38(27)32(40)41-21-24-9-4-2-5-10-24/h2-7,9-12,14-17,19,22-23,27,34H,8,13,18,20-21H2,1H3,(H,33,36,37)/t23-,27?/m0/s1. The summed E-state index contributed by atoms with van der Waals surface area (Å²) < 4.78 is 7.54. The number of hydrogen-bond acceptors (Lipinski definition) is 7. The number of benzene rings is 3. The lowest BCUT2D eigenvalue weighted by Gasteiger charge is -2.24. The molecule has 1 fully saturated rings. The number of imidazole rings is 1. The zero-order valence-corrected chi connectivity index (χ0v) is 23.0. The molecule has 1 aliphatic heterocycles. The zero-order chi connectivity index (χ0) is 28.0. The highest BCUT2D eigenvalue weighted by atomic mass is 16.6. The summed E-state index contributed by atoms with van der Waals surface area (Å²) in [4.78, 5) is 28.4. The third-order valence-corrected chi connectivity index (χ3v) is 7.44. The Hall–Kier alpha value is -4.92. The van der Waals surface area contributed by atoms with Crippen LogP contribution in [0.5, 0.6) is 0 Å². The molecule has 2 atom stereocenters. The van der Waals surface area contributed by atoms with E-state index in [0.717, 1.165) is 40.9 Å². The molecule has 1 aliphatic rings. The van der Waals surface area contributed by atoms with Gasteiger partial charge in [0.15, 0.2) is 0 Å². The van der Waals surface area contributed by atoms with E-state index in [1.807, 2.05) is 82.3 Å². The number of carbonyl (C=O) groups is 1. The third-order valence-electron chi connectivity index (χ3n) is 7.44. The monoisotopic (exact) mass is 547 g/mol. The molecule has 6 rings (SSSR count).